The fourth-order valence-corrected chi connectivity index (χ4v) is 3.89. The molecule has 0 aromatic heterocycles. The Hall–Kier alpha value is -2.42. The van der Waals surface area contributed by atoms with Gasteiger partial charge in [-0.05, 0) is 54.6 Å². The largest absolute Gasteiger partial charge is 0.319 e. The summed E-state index contributed by atoms with van der Waals surface area (Å²) in [6, 6.07) is 16.0. The molecule has 0 bridgehead atoms. The molecule has 0 aliphatic heterocycles. The van der Waals surface area contributed by atoms with Crippen molar-refractivity contribution in [2.24, 2.45) is 0 Å². The molecule has 0 saturated carbocycles. The second-order valence-electron chi connectivity index (χ2n) is 5.69. The van der Waals surface area contributed by atoms with Crippen LogP contribution in [0.3, 0.4) is 0 Å². The van der Waals surface area contributed by atoms with Gasteiger partial charge in [0.15, 0.2) is 0 Å². The Morgan fingerprint density at radius 3 is 2.32 bits per heavy atom. The van der Waals surface area contributed by atoms with Crippen LogP contribution in [0.5, 0.6) is 0 Å². The minimum Gasteiger partial charge on any atom is -0.319 e. The zero-order valence-corrected chi connectivity index (χ0v) is 17.3. The van der Waals surface area contributed by atoms with Crippen molar-refractivity contribution in [2.75, 3.05) is 10.0 Å². The van der Waals surface area contributed by atoms with E-state index in [4.69, 9.17) is 11.6 Å². The molecule has 0 unspecified atom stereocenters. The van der Waals surface area contributed by atoms with Crippen molar-refractivity contribution in [1.29, 1.82) is 0 Å². The van der Waals surface area contributed by atoms with Crippen molar-refractivity contribution in [3.05, 3.63) is 87.6 Å². The molecule has 0 heterocycles. The van der Waals surface area contributed by atoms with Gasteiger partial charge in [-0.3, -0.25) is 9.52 Å². The smallest absolute Gasteiger partial charge is 0.261 e. The highest BCUT2D eigenvalue weighted by atomic mass is 79.9. The molecule has 0 fully saturated rings. The fraction of sp³-hybridized carbons (Fsp3) is 0. The molecule has 0 aliphatic rings. The predicted molar refractivity (Wildman–Crippen MR) is 111 cm³/mol. The Balaban J connectivity index is 1.80. The average molecular weight is 484 g/mol. The number of nitrogens with one attached hydrogen (secondary N) is 2. The molecule has 0 radical (unpaired) electrons. The number of halogens is 3. The van der Waals surface area contributed by atoms with Crippen molar-refractivity contribution in [3.63, 3.8) is 0 Å². The second kappa shape index (κ2) is 8.30. The van der Waals surface area contributed by atoms with Crippen molar-refractivity contribution in [2.45, 2.75) is 4.90 Å². The second-order valence-corrected chi connectivity index (χ2v) is 8.69. The summed E-state index contributed by atoms with van der Waals surface area (Å²) in [5.74, 6) is -1.49. The number of sulfonamides is 1. The van der Waals surface area contributed by atoms with Crippen molar-refractivity contribution >= 4 is 54.8 Å². The number of hydrogen-bond donors (Lipinski definition) is 2. The quantitative estimate of drug-likeness (QED) is 0.517. The molecule has 1 amide bonds. The lowest BCUT2D eigenvalue weighted by molar-refractivity contribution is 0.102. The topological polar surface area (TPSA) is 75.3 Å². The number of carbonyl (C=O) groups is 1. The van der Waals surface area contributed by atoms with Crippen LogP contribution in [0, 0.1) is 5.82 Å². The molecular weight excluding hydrogens is 471 g/mol. The van der Waals surface area contributed by atoms with E-state index in [9.17, 15) is 17.6 Å². The Kier molecular flexibility index (Phi) is 6.02. The van der Waals surface area contributed by atoms with E-state index in [0.29, 0.717) is 5.69 Å². The van der Waals surface area contributed by atoms with Gasteiger partial charge >= 0.3 is 0 Å². The molecule has 5 nitrogen and oxygen atoms in total. The first-order valence-electron chi connectivity index (χ1n) is 7.90. The van der Waals surface area contributed by atoms with Crippen molar-refractivity contribution in [1.82, 2.24) is 0 Å². The zero-order valence-electron chi connectivity index (χ0n) is 14.1. The molecule has 3 aromatic rings. The maximum atomic E-state index is 14.4. The van der Waals surface area contributed by atoms with E-state index in [-0.39, 0.29) is 21.2 Å². The summed E-state index contributed by atoms with van der Waals surface area (Å²) in [4.78, 5) is 12.0. The highest BCUT2D eigenvalue weighted by Crippen LogP contribution is 2.24. The van der Waals surface area contributed by atoms with E-state index in [0.717, 1.165) is 10.5 Å². The summed E-state index contributed by atoms with van der Waals surface area (Å²) in [5.41, 5.74) is 0.351. The van der Waals surface area contributed by atoms with Gasteiger partial charge in [-0.1, -0.05) is 39.7 Å². The van der Waals surface area contributed by atoms with Gasteiger partial charge < -0.3 is 5.32 Å². The third-order valence-corrected chi connectivity index (χ3v) is 5.95. The zero-order chi connectivity index (χ0) is 20.3. The normalized spacial score (nSPS) is 11.1. The summed E-state index contributed by atoms with van der Waals surface area (Å²) in [6.07, 6.45) is 0. The van der Waals surface area contributed by atoms with Crippen LogP contribution in [-0.4, -0.2) is 14.3 Å². The minimum atomic E-state index is -3.99. The number of benzene rings is 3. The van der Waals surface area contributed by atoms with Crippen LogP contribution in [-0.2, 0) is 10.0 Å². The Bertz CT molecular complexity index is 1140. The lowest BCUT2D eigenvalue weighted by atomic mass is 10.2. The fourth-order valence-electron chi connectivity index (χ4n) is 2.33. The average Bonchev–Trinajstić information content (AvgIpc) is 2.65. The van der Waals surface area contributed by atoms with Crippen LogP contribution in [0.15, 0.2) is 76.1 Å². The third-order valence-electron chi connectivity index (χ3n) is 3.71. The first-order chi connectivity index (χ1) is 13.3. The monoisotopic (exact) mass is 482 g/mol. The lowest BCUT2D eigenvalue weighted by Gasteiger charge is -2.11. The summed E-state index contributed by atoms with van der Waals surface area (Å²) in [7, 11) is -3.99. The van der Waals surface area contributed by atoms with Gasteiger partial charge in [-0.15, -0.1) is 0 Å². The van der Waals surface area contributed by atoms with Gasteiger partial charge in [0.05, 0.1) is 21.2 Å². The minimum absolute atomic E-state index is 0.160. The Labute approximate surface area is 174 Å². The Morgan fingerprint density at radius 1 is 1.00 bits per heavy atom. The molecule has 3 rings (SSSR count). The number of carbonyl (C=O) groups excluding carboxylic acids is 1. The molecule has 144 valence electrons. The van der Waals surface area contributed by atoms with Gasteiger partial charge in [-0.2, -0.15) is 0 Å². The standard InChI is InChI=1S/C19H13BrClFN2O3S/c20-12-5-7-13(8-6-12)24-28(26,27)14-9-10-18(17(22)11-14)23-19(25)15-3-1-2-4-16(15)21/h1-11,24H,(H,23,25). The first-order valence-corrected chi connectivity index (χ1v) is 10.6. The molecule has 0 aliphatic carbocycles. The highest BCUT2D eigenvalue weighted by molar-refractivity contribution is 9.10. The van der Waals surface area contributed by atoms with Crippen LogP contribution in [0.4, 0.5) is 15.8 Å². The van der Waals surface area contributed by atoms with Crippen molar-refractivity contribution in [3.8, 4) is 0 Å². The van der Waals surface area contributed by atoms with Gasteiger partial charge in [0.25, 0.3) is 15.9 Å². The Morgan fingerprint density at radius 2 is 1.68 bits per heavy atom. The highest BCUT2D eigenvalue weighted by Gasteiger charge is 2.18. The maximum Gasteiger partial charge on any atom is 0.261 e. The summed E-state index contributed by atoms with van der Waals surface area (Å²) in [6.45, 7) is 0. The first kappa shape index (κ1) is 20.3. The van der Waals surface area contributed by atoms with Gasteiger partial charge in [0.1, 0.15) is 5.82 Å². The molecule has 0 spiro atoms. The van der Waals surface area contributed by atoms with E-state index in [1.54, 1.807) is 36.4 Å². The molecule has 28 heavy (non-hydrogen) atoms. The molecular formula is C19H13BrClFN2O3S. The summed E-state index contributed by atoms with van der Waals surface area (Å²) in [5, 5.41) is 2.60. The maximum absolute atomic E-state index is 14.4. The molecule has 9 heteroatoms. The predicted octanol–water partition coefficient (Wildman–Crippen LogP) is 5.29. The van der Waals surface area contributed by atoms with E-state index >= 15 is 0 Å². The molecule has 0 atom stereocenters. The summed E-state index contributed by atoms with van der Waals surface area (Å²) < 4.78 is 42.4. The summed E-state index contributed by atoms with van der Waals surface area (Å²) >= 11 is 9.21. The van der Waals surface area contributed by atoms with E-state index in [2.05, 4.69) is 26.0 Å². The van der Waals surface area contributed by atoms with Crippen LogP contribution in [0.25, 0.3) is 0 Å². The van der Waals surface area contributed by atoms with E-state index in [1.165, 1.54) is 24.3 Å². The van der Waals surface area contributed by atoms with E-state index in [1.807, 2.05) is 0 Å². The van der Waals surface area contributed by atoms with Gasteiger partial charge in [0, 0.05) is 10.2 Å². The van der Waals surface area contributed by atoms with Crippen LogP contribution >= 0.6 is 27.5 Å². The SMILES string of the molecule is O=C(Nc1ccc(S(=O)(=O)Nc2ccc(Br)cc2)cc1F)c1ccccc1Cl. The van der Waals surface area contributed by atoms with Gasteiger partial charge in [-0.25, -0.2) is 12.8 Å². The number of anilines is 2. The third kappa shape index (κ3) is 4.70. The molecule has 0 saturated heterocycles. The van der Waals surface area contributed by atoms with E-state index < -0.39 is 21.7 Å². The van der Waals surface area contributed by atoms with Crippen LogP contribution in [0.1, 0.15) is 10.4 Å². The lowest BCUT2D eigenvalue weighted by Crippen LogP contribution is -2.15. The van der Waals surface area contributed by atoms with Gasteiger partial charge in [0.2, 0.25) is 0 Å². The number of hydrogen-bond acceptors (Lipinski definition) is 3. The number of rotatable bonds is 5. The van der Waals surface area contributed by atoms with Crippen LogP contribution in [0.2, 0.25) is 5.02 Å². The molecule has 2 N–H and O–H groups in total. The number of amides is 1. The molecule has 3 aromatic carbocycles. The van der Waals surface area contributed by atoms with Crippen LogP contribution < -0.4 is 10.0 Å². The van der Waals surface area contributed by atoms with Crippen molar-refractivity contribution < 1.29 is 17.6 Å².